The number of nitrogens with two attached hydrogens (primary N) is 2. The third-order valence-electron chi connectivity index (χ3n) is 6.80. The van der Waals surface area contributed by atoms with E-state index < -0.39 is 10.0 Å². The van der Waals surface area contributed by atoms with E-state index in [-0.39, 0.29) is 23.6 Å². The van der Waals surface area contributed by atoms with Gasteiger partial charge in [0.1, 0.15) is 6.04 Å². The molecule has 194 valence electrons. The van der Waals surface area contributed by atoms with Crippen LogP contribution in [0.2, 0.25) is 0 Å². The summed E-state index contributed by atoms with van der Waals surface area (Å²) in [6.45, 7) is 2.57. The van der Waals surface area contributed by atoms with E-state index in [0.717, 1.165) is 30.2 Å². The number of carbonyl (C=O) groups excluding carboxylic acids is 2. The Hall–Kier alpha value is -2.66. The van der Waals surface area contributed by atoms with Gasteiger partial charge >= 0.3 is 0 Å². The van der Waals surface area contributed by atoms with E-state index in [1.807, 2.05) is 18.2 Å². The number of likely N-dealkylation sites (tertiary alicyclic amines) is 1. The van der Waals surface area contributed by atoms with Gasteiger partial charge in [-0.25, -0.2) is 13.6 Å². The van der Waals surface area contributed by atoms with Gasteiger partial charge in [-0.05, 0) is 49.8 Å². The molecular formula is C24H37N5O5S. The van der Waals surface area contributed by atoms with E-state index in [4.69, 9.17) is 10.3 Å². The molecule has 1 saturated heterocycles. The summed E-state index contributed by atoms with van der Waals surface area (Å²) in [7, 11) is -3.16. The van der Waals surface area contributed by atoms with Crippen molar-refractivity contribution >= 4 is 38.6 Å². The highest BCUT2D eigenvalue weighted by molar-refractivity contribution is 7.89. The summed E-state index contributed by atoms with van der Waals surface area (Å²) in [5, 5.41) is 12.0. The van der Waals surface area contributed by atoms with Crippen molar-refractivity contribution in [3.63, 3.8) is 0 Å². The number of fused-ring (bicyclic) bond motifs is 1. The van der Waals surface area contributed by atoms with Crippen LogP contribution in [0.3, 0.4) is 0 Å². The molecule has 0 spiro atoms. The van der Waals surface area contributed by atoms with Crippen LogP contribution in [-0.2, 0) is 26.2 Å². The fourth-order valence-corrected chi connectivity index (χ4v) is 4.70. The number of nitrogen functional groups attached to an aromatic ring is 1. The Bertz CT molecular complexity index is 1110. The van der Waals surface area contributed by atoms with Crippen LogP contribution < -0.4 is 16.2 Å². The highest BCUT2D eigenvalue weighted by Crippen LogP contribution is 2.28. The lowest BCUT2D eigenvalue weighted by molar-refractivity contribution is -0.138. The van der Waals surface area contributed by atoms with E-state index in [1.165, 1.54) is 39.0 Å². The molecule has 1 aliphatic carbocycles. The number of sulfonamides is 1. The average molecular weight is 508 g/mol. The normalized spacial score (nSPS) is 18.8. The minimum absolute atomic E-state index is 0.0208. The minimum Gasteiger partial charge on any atom is -0.380 e. The summed E-state index contributed by atoms with van der Waals surface area (Å²) in [6.07, 6.45) is 9.56. The fraction of sp³-hybridized carbons (Fsp3) is 0.625. The lowest BCUT2D eigenvalue weighted by Crippen LogP contribution is -2.45. The Morgan fingerprint density at radius 3 is 2.57 bits per heavy atom. The molecule has 5 N–H and O–H groups in total. The van der Waals surface area contributed by atoms with Crippen molar-refractivity contribution in [2.75, 3.05) is 18.0 Å². The maximum absolute atomic E-state index is 12.7. The minimum atomic E-state index is -3.16. The zero-order valence-corrected chi connectivity index (χ0v) is 21.2. The number of benzene rings is 1. The molecule has 2 aliphatic rings. The first-order chi connectivity index (χ1) is 16.7. The second-order valence-corrected chi connectivity index (χ2v) is 11.3. The zero-order chi connectivity index (χ0) is 25.4. The van der Waals surface area contributed by atoms with Gasteiger partial charge in [0.15, 0.2) is 11.4 Å². The first-order valence-corrected chi connectivity index (χ1v) is 14.1. The predicted molar refractivity (Wildman–Crippen MR) is 134 cm³/mol. The van der Waals surface area contributed by atoms with E-state index in [0.29, 0.717) is 36.8 Å². The second-order valence-electron chi connectivity index (χ2n) is 9.36. The quantitative estimate of drug-likeness (QED) is 0.519. The molecule has 0 unspecified atom stereocenters. The molecule has 35 heavy (non-hydrogen) atoms. The van der Waals surface area contributed by atoms with Gasteiger partial charge in [0.25, 0.3) is 0 Å². The van der Waals surface area contributed by atoms with Crippen LogP contribution in [0.25, 0.3) is 11.0 Å². The van der Waals surface area contributed by atoms with Gasteiger partial charge in [-0.15, -0.1) is 0 Å². The number of hydrogen-bond acceptors (Lipinski definition) is 7. The monoisotopic (exact) mass is 507 g/mol. The molecule has 2 aromatic rings. The number of anilines is 1. The Morgan fingerprint density at radius 2 is 1.89 bits per heavy atom. The van der Waals surface area contributed by atoms with Crippen molar-refractivity contribution in [2.45, 2.75) is 77.3 Å². The Morgan fingerprint density at radius 1 is 1.17 bits per heavy atom. The first kappa shape index (κ1) is 26.9. The highest BCUT2D eigenvalue weighted by Gasteiger charge is 2.33. The first-order valence-electron chi connectivity index (χ1n) is 12.4. The van der Waals surface area contributed by atoms with Crippen molar-refractivity contribution in [3.8, 4) is 0 Å². The molecule has 0 radical (unpaired) electrons. The Kier molecular flexibility index (Phi) is 9.50. The van der Waals surface area contributed by atoms with Crippen LogP contribution in [0, 0.1) is 5.92 Å². The van der Waals surface area contributed by atoms with Crippen molar-refractivity contribution in [1.29, 1.82) is 0 Å². The smallest absolute Gasteiger partial charge is 0.243 e. The third-order valence-corrected chi connectivity index (χ3v) is 7.61. The van der Waals surface area contributed by atoms with Gasteiger partial charge in [0, 0.05) is 19.5 Å². The van der Waals surface area contributed by atoms with Crippen molar-refractivity contribution in [3.05, 3.63) is 23.8 Å². The lowest BCUT2D eigenvalue weighted by Gasteiger charge is -2.26. The largest absolute Gasteiger partial charge is 0.380 e. The van der Waals surface area contributed by atoms with Crippen molar-refractivity contribution in [2.24, 2.45) is 11.1 Å². The Balaban J connectivity index is 0.000000509. The van der Waals surface area contributed by atoms with Gasteiger partial charge in [0.05, 0.1) is 11.1 Å². The van der Waals surface area contributed by atoms with Crippen LogP contribution in [0.1, 0.15) is 70.3 Å². The topological polar surface area (TPSA) is 162 Å². The average Bonchev–Trinajstić information content (AvgIpc) is 3.49. The molecule has 2 fully saturated rings. The fourth-order valence-electron chi connectivity index (χ4n) is 4.70. The number of aromatic nitrogens is 1. The number of nitrogens with zero attached hydrogens (tertiary/aromatic N) is 2. The lowest BCUT2D eigenvalue weighted by atomic mass is 9.86. The molecular weight excluding hydrogens is 470 g/mol. The van der Waals surface area contributed by atoms with E-state index in [9.17, 15) is 18.0 Å². The molecule has 11 heteroatoms. The van der Waals surface area contributed by atoms with Crippen molar-refractivity contribution < 1.29 is 22.5 Å². The molecule has 1 aliphatic heterocycles. The molecule has 1 aromatic heterocycles. The van der Waals surface area contributed by atoms with Crippen LogP contribution in [0.15, 0.2) is 22.7 Å². The van der Waals surface area contributed by atoms with Crippen LogP contribution in [-0.4, -0.2) is 48.6 Å². The predicted octanol–water partition coefficient (Wildman–Crippen LogP) is 2.67. The number of hydrogen-bond donors (Lipinski definition) is 3. The van der Waals surface area contributed by atoms with E-state index in [1.54, 1.807) is 4.90 Å². The maximum atomic E-state index is 12.7. The summed E-state index contributed by atoms with van der Waals surface area (Å²) in [5.41, 5.74) is 7.25. The summed E-state index contributed by atoms with van der Waals surface area (Å²) in [6, 6.07) is 5.23. The van der Waals surface area contributed by atoms with Crippen molar-refractivity contribution in [1.82, 2.24) is 15.4 Å². The summed E-state index contributed by atoms with van der Waals surface area (Å²) >= 11 is 0. The van der Waals surface area contributed by atoms with E-state index in [2.05, 4.69) is 15.6 Å². The Labute approximate surface area is 206 Å². The van der Waals surface area contributed by atoms with Gasteiger partial charge in [-0.2, -0.15) is 0 Å². The number of nitrogens with one attached hydrogen (secondary N) is 1. The maximum Gasteiger partial charge on any atom is 0.243 e. The SMILES string of the molecule is CCS(N)(=O)=O.Nc1noc2cc(CNC(=O)[C@@H]3CCCN3C(=O)CCC3CCCCC3)ccc12. The number of rotatable bonds is 7. The second kappa shape index (κ2) is 12.3. The molecule has 0 bridgehead atoms. The van der Waals surface area contributed by atoms with Gasteiger partial charge in [-0.3, -0.25) is 9.59 Å². The molecule has 10 nitrogen and oxygen atoms in total. The van der Waals surface area contributed by atoms with E-state index >= 15 is 0 Å². The number of amides is 2. The highest BCUT2D eigenvalue weighted by atomic mass is 32.2. The molecule has 1 atom stereocenters. The zero-order valence-electron chi connectivity index (χ0n) is 20.4. The molecule has 2 amide bonds. The molecule has 1 aromatic carbocycles. The third kappa shape index (κ3) is 7.93. The van der Waals surface area contributed by atoms with Crippen LogP contribution in [0.5, 0.6) is 0 Å². The van der Waals surface area contributed by atoms with Gasteiger partial charge < -0.3 is 20.5 Å². The molecule has 1 saturated carbocycles. The standard InChI is InChI=1S/C22H30N4O3.C2H7NO2S/c23-21-17-10-8-16(13-19(17)29-25-21)14-24-22(28)18-7-4-12-26(18)20(27)11-9-15-5-2-1-3-6-15;1-2-6(3,4)5/h8,10,13,15,18H,1-7,9,11-12,14H2,(H2,23,25)(H,24,28);2H2,1H3,(H2,3,4,5)/t18-;/m0./s1. The summed E-state index contributed by atoms with van der Waals surface area (Å²) < 4.78 is 24.7. The molecule has 4 rings (SSSR count). The van der Waals surface area contributed by atoms with Crippen LogP contribution >= 0.6 is 0 Å². The summed E-state index contributed by atoms with van der Waals surface area (Å²) in [5.74, 6) is 1.12. The number of primary sulfonamides is 1. The van der Waals surface area contributed by atoms with Crippen LogP contribution in [0.4, 0.5) is 5.82 Å². The van der Waals surface area contributed by atoms with Gasteiger partial charge in [0.2, 0.25) is 21.8 Å². The molecule has 2 heterocycles. The number of carbonyl (C=O) groups is 2. The van der Waals surface area contributed by atoms with Gasteiger partial charge in [-0.1, -0.05) is 43.3 Å². The summed E-state index contributed by atoms with van der Waals surface area (Å²) in [4.78, 5) is 27.3.